The molecule has 6 atom stereocenters. The van der Waals surface area contributed by atoms with Crippen molar-refractivity contribution >= 4 is 17.7 Å². The number of Topliss-reactive ketones (excluding diaryl/α,β-unsaturated/α-hetero) is 1. The molecular formula is C31H44O6. The van der Waals surface area contributed by atoms with Gasteiger partial charge in [0.25, 0.3) is 0 Å². The van der Waals surface area contributed by atoms with Crippen molar-refractivity contribution in [3.63, 3.8) is 0 Å². The average Bonchev–Trinajstić information content (AvgIpc) is 2.80. The molecule has 0 saturated carbocycles. The van der Waals surface area contributed by atoms with E-state index in [1.807, 2.05) is 58.1 Å². The zero-order valence-corrected chi connectivity index (χ0v) is 23.3. The van der Waals surface area contributed by atoms with Gasteiger partial charge in [-0.1, -0.05) is 80.9 Å². The summed E-state index contributed by atoms with van der Waals surface area (Å²) in [5.41, 5.74) is 2.75. The van der Waals surface area contributed by atoms with Gasteiger partial charge in [-0.2, -0.15) is 0 Å². The van der Waals surface area contributed by atoms with Gasteiger partial charge in [-0.15, -0.1) is 0 Å². The first-order valence-electron chi connectivity index (χ1n) is 13.0. The van der Waals surface area contributed by atoms with Crippen LogP contribution in [0.2, 0.25) is 0 Å². The molecule has 0 unspecified atom stereocenters. The second-order valence-corrected chi connectivity index (χ2v) is 10.4. The number of carbonyl (C=O) groups excluding carboxylic acids is 2. The fraction of sp³-hybridized carbons (Fsp3) is 0.516. The number of carboxylic acid groups (broad SMARTS) is 1. The van der Waals surface area contributed by atoms with Gasteiger partial charge in [0.15, 0.2) is 0 Å². The number of ketones is 1. The minimum Gasteiger partial charge on any atom is -0.478 e. The standard InChI is InChI=1S/C31H44O6/c1-20(16-22(3)14-15-27-12-9-13-29(34)37-27)10-8-11-21(2)17-24(5)30(35)26(7)31(36)25(6)18-23(4)19-28(32)33/h8-9,11,13-17,19-20,24-27,31,36H,10,12,18H2,1-7H3,(H,32,33)/b11-8+,15-14+,21-17+,22-16+,23-19+/t20-,24+,25+,26+,27+,31+/m1/s1. The fourth-order valence-corrected chi connectivity index (χ4v) is 4.46. The molecule has 0 spiro atoms. The lowest BCUT2D eigenvalue weighted by atomic mass is 9.83. The highest BCUT2D eigenvalue weighted by molar-refractivity contribution is 5.85. The van der Waals surface area contributed by atoms with Gasteiger partial charge in [0.1, 0.15) is 11.9 Å². The van der Waals surface area contributed by atoms with Gasteiger partial charge in [0.05, 0.1) is 6.10 Å². The minimum absolute atomic E-state index is 0.0372. The number of ether oxygens (including phenoxy) is 1. The Morgan fingerprint density at radius 1 is 1.08 bits per heavy atom. The molecule has 37 heavy (non-hydrogen) atoms. The van der Waals surface area contributed by atoms with Gasteiger partial charge in [-0.25, -0.2) is 9.59 Å². The molecule has 0 fully saturated rings. The smallest absolute Gasteiger partial charge is 0.331 e. The van der Waals surface area contributed by atoms with Crippen LogP contribution in [0.5, 0.6) is 0 Å². The predicted octanol–water partition coefficient (Wildman–Crippen LogP) is 6.15. The molecule has 1 rings (SSSR count). The normalized spacial score (nSPS) is 21.6. The lowest BCUT2D eigenvalue weighted by molar-refractivity contribution is -0.141. The zero-order valence-electron chi connectivity index (χ0n) is 23.3. The molecule has 6 heteroatoms. The van der Waals surface area contributed by atoms with E-state index in [1.54, 1.807) is 13.8 Å². The Kier molecular flexibility index (Phi) is 13.8. The van der Waals surface area contributed by atoms with Crippen molar-refractivity contribution in [3.8, 4) is 0 Å². The first-order valence-corrected chi connectivity index (χ1v) is 13.0. The number of esters is 1. The van der Waals surface area contributed by atoms with Crippen LogP contribution in [0, 0.1) is 23.7 Å². The van der Waals surface area contributed by atoms with Crippen molar-refractivity contribution in [1.29, 1.82) is 0 Å². The quantitative estimate of drug-likeness (QED) is 0.164. The molecule has 0 saturated heterocycles. The molecule has 0 aromatic rings. The van der Waals surface area contributed by atoms with Crippen LogP contribution in [-0.4, -0.2) is 40.1 Å². The topological polar surface area (TPSA) is 101 Å². The zero-order chi connectivity index (χ0) is 28.1. The molecule has 0 aromatic heterocycles. The van der Waals surface area contributed by atoms with E-state index in [0.29, 0.717) is 24.3 Å². The number of rotatable bonds is 14. The second kappa shape index (κ2) is 16.0. The van der Waals surface area contributed by atoms with Crippen LogP contribution in [0.3, 0.4) is 0 Å². The van der Waals surface area contributed by atoms with E-state index in [1.165, 1.54) is 6.08 Å². The summed E-state index contributed by atoms with van der Waals surface area (Å²) in [6, 6.07) is 0. The summed E-state index contributed by atoms with van der Waals surface area (Å²) in [6.07, 6.45) is 17.4. The Labute approximate surface area is 222 Å². The number of hydrogen-bond acceptors (Lipinski definition) is 5. The fourth-order valence-electron chi connectivity index (χ4n) is 4.46. The maximum Gasteiger partial charge on any atom is 0.331 e. The van der Waals surface area contributed by atoms with E-state index in [-0.39, 0.29) is 29.7 Å². The summed E-state index contributed by atoms with van der Waals surface area (Å²) in [7, 11) is 0. The lowest BCUT2D eigenvalue weighted by Crippen LogP contribution is -2.34. The molecule has 0 amide bonds. The van der Waals surface area contributed by atoms with Crippen molar-refractivity contribution in [1.82, 2.24) is 0 Å². The third kappa shape index (κ3) is 12.7. The van der Waals surface area contributed by atoms with Gasteiger partial charge in [-0.05, 0) is 51.5 Å². The molecule has 0 bridgehead atoms. The average molecular weight is 513 g/mol. The largest absolute Gasteiger partial charge is 0.478 e. The van der Waals surface area contributed by atoms with E-state index in [0.717, 1.165) is 23.6 Å². The summed E-state index contributed by atoms with van der Waals surface area (Å²) in [6.45, 7) is 13.2. The van der Waals surface area contributed by atoms with Crippen molar-refractivity contribution in [2.45, 2.75) is 79.9 Å². The van der Waals surface area contributed by atoms with E-state index in [2.05, 4.69) is 19.1 Å². The predicted molar refractivity (Wildman–Crippen MR) is 148 cm³/mol. The first-order chi connectivity index (χ1) is 17.3. The Morgan fingerprint density at radius 2 is 1.73 bits per heavy atom. The third-order valence-corrected chi connectivity index (χ3v) is 6.42. The summed E-state index contributed by atoms with van der Waals surface area (Å²) >= 11 is 0. The van der Waals surface area contributed by atoms with Gasteiger partial charge >= 0.3 is 11.9 Å². The van der Waals surface area contributed by atoms with Crippen LogP contribution in [0.15, 0.2) is 71.4 Å². The van der Waals surface area contributed by atoms with Crippen LogP contribution < -0.4 is 0 Å². The van der Waals surface area contributed by atoms with Crippen molar-refractivity contribution in [2.75, 3.05) is 0 Å². The monoisotopic (exact) mass is 512 g/mol. The molecule has 1 aliphatic heterocycles. The van der Waals surface area contributed by atoms with Crippen LogP contribution in [0.4, 0.5) is 0 Å². The number of aliphatic carboxylic acids is 1. The lowest BCUT2D eigenvalue weighted by Gasteiger charge is -2.25. The van der Waals surface area contributed by atoms with Gasteiger partial charge < -0.3 is 14.9 Å². The summed E-state index contributed by atoms with van der Waals surface area (Å²) in [5.74, 6) is -2.16. The van der Waals surface area contributed by atoms with E-state index in [4.69, 9.17) is 9.84 Å². The van der Waals surface area contributed by atoms with Crippen LogP contribution in [0.1, 0.15) is 67.7 Å². The van der Waals surface area contributed by atoms with E-state index >= 15 is 0 Å². The highest BCUT2D eigenvalue weighted by atomic mass is 16.5. The summed E-state index contributed by atoms with van der Waals surface area (Å²) < 4.78 is 5.23. The molecule has 0 aromatic carbocycles. The van der Waals surface area contributed by atoms with Crippen LogP contribution >= 0.6 is 0 Å². The number of cyclic esters (lactones) is 1. The molecule has 0 radical (unpaired) electrons. The van der Waals surface area contributed by atoms with Crippen molar-refractivity contribution in [3.05, 3.63) is 71.4 Å². The SMILES string of the molecule is CC(/C=C/[C@@H]1CC=CC(=O)O1)=C\[C@H](C)C/C=C/C(C)=C/[C@H](C)C(=O)[C@H](C)[C@@H](O)[C@@H](C)C/C(C)=C/C(=O)O. The molecule has 204 valence electrons. The minimum atomic E-state index is -1.01. The molecule has 0 aliphatic carbocycles. The van der Waals surface area contributed by atoms with E-state index in [9.17, 15) is 19.5 Å². The maximum absolute atomic E-state index is 12.9. The number of allylic oxidation sites excluding steroid dienone is 8. The number of carboxylic acids is 1. The number of hydrogen-bond donors (Lipinski definition) is 2. The highest BCUT2D eigenvalue weighted by Gasteiger charge is 2.29. The molecule has 6 nitrogen and oxygen atoms in total. The number of carbonyl (C=O) groups is 3. The van der Waals surface area contributed by atoms with E-state index < -0.39 is 18.0 Å². The van der Waals surface area contributed by atoms with Gasteiger partial charge in [0, 0.05) is 30.4 Å². The maximum atomic E-state index is 12.9. The summed E-state index contributed by atoms with van der Waals surface area (Å²) in [5, 5.41) is 19.5. The first kappa shape index (κ1) is 32.0. The number of aliphatic hydroxyl groups is 1. The van der Waals surface area contributed by atoms with Crippen molar-refractivity contribution in [2.24, 2.45) is 23.7 Å². The Hall–Kier alpha value is -2.99. The molecule has 2 N–H and O–H groups in total. The van der Waals surface area contributed by atoms with Crippen molar-refractivity contribution < 1.29 is 29.3 Å². The van der Waals surface area contributed by atoms with Gasteiger partial charge in [0.2, 0.25) is 0 Å². The molecular weight excluding hydrogens is 468 g/mol. The Morgan fingerprint density at radius 3 is 2.35 bits per heavy atom. The second-order valence-electron chi connectivity index (χ2n) is 10.4. The Balaban J connectivity index is 2.60. The molecule has 1 aliphatic rings. The van der Waals surface area contributed by atoms with Gasteiger partial charge in [-0.3, -0.25) is 4.79 Å². The Bertz CT molecular complexity index is 978. The highest BCUT2D eigenvalue weighted by Crippen LogP contribution is 2.24. The van der Waals surface area contributed by atoms with Crippen LogP contribution in [0.25, 0.3) is 0 Å². The third-order valence-electron chi connectivity index (χ3n) is 6.42. The number of aliphatic hydroxyl groups excluding tert-OH is 1. The summed E-state index contributed by atoms with van der Waals surface area (Å²) in [4.78, 5) is 35.0. The van der Waals surface area contributed by atoms with Crippen LogP contribution in [-0.2, 0) is 19.1 Å². The molecule has 1 heterocycles.